The predicted octanol–water partition coefficient (Wildman–Crippen LogP) is 3.12. The molecule has 104 valence electrons. The molecular weight excluding hydrogens is 276 g/mol. The summed E-state index contributed by atoms with van der Waals surface area (Å²) < 4.78 is 30.6. The maximum Gasteiger partial charge on any atom is 0.256 e. The highest BCUT2D eigenvalue weighted by Gasteiger charge is 2.30. The van der Waals surface area contributed by atoms with E-state index in [9.17, 15) is 13.6 Å². The molecule has 1 aromatic rings. The summed E-state index contributed by atoms with van der Waals surface area (Å²) in [6.45, 7) is -0.159. The van der Waals surface area contributed by atoms with Gasteiger partial charge in [-0.2, -0.15) is 0 Å². The van der Waals surface area contributed by atoms with Crippen molar-refractivity contribution in [1.29, 1.82) is 0 Å². The fourth-order valence-electron chi connectivity index (χ4n) is 2.05. The highest BCUT2D eigenvalue weighted by molar-refractivity contribution is 6.30. The van der Waals surface area contributed by atoms with Gasteiger partial charge >= 0.3 is 0 Å². The first kappa shape index (κ1) is 14.2. The smallest absolute Gasteiger partial charge is 0.256 e. The summed E-state index contributed by atoms with van der Waals surface area (Å²) in [5.41, 5.74) is 0.369. The van der Waals surface area contributed by atoms with E-state index >= 15 is 0 Å². The van der Waals surface area contributed by atoms with Crippen LogP contribution in [-0.4, -0.2) is 31.6 Å². The highest BCUT2D eigenvalue weighted by atomic mass is 35.5. The zero-order chi connectivity index (χ0) is 13.8. The summed E-state index contributed by atoms with van der Waals surface area (Å²) in [7, 11) is 0. The summed E-state index contributed by atoms with van der Waals surface area (Å²) in [6, 6.07) is 6.33. The predicted molar refractivity (Wildman–Crippen MR) is 68.8 cm³/mol. The van der Waals surface area contributed by atoms with Gasteiger partial charge in [-0.05, 0) is 31.0 Å². The van der Waals surface area contributed by atoms with Gasteiger partial charge < -0.3 is 9.64 Å². The summed E-state index contributed by atoms with van der Waals surface area (Å²) in [5.74, 6) is -0.430. The number of carbonyl (C=O) groups excluding carboxylic acids is 1. The van der Waals surface area contributed by atoms with E-state index in [1.165, 1.54) is 6.07 Å². The van der Waals surface area contributed by atoms with Crippen LogP contribution in [0.15, 0.2) is 24.3 Å². The summed E-state index contributed by atoms with van der Waals surface area (Å²) in [6.07, 6.45) is -1.89. The lowest BCUT2D eigenvalue weighted by Crippen LogP contribution is -2.41. The lowest BCUT2D eigenvalue weighted by atomic mass is 10.2. The van der Waals surface area contributed by atoms with Crippen LogP contribution < -0.4 is 4.90 Å². The van der Waals surface area contributed by atoms with Crippen LogP contribution in [0.4, 0.5) is 14.5 Å². The molecular formula is C13H14ClF2NO2. The quantitative estimate of drug-likeness (QED) is 0.852. The molecule has 0 saturated carbocycles. The fourth-order valence-corrected chi connectivity index (χ4v) is 2.24. The average molecular weight is 290 g/mol. The Bertz CT molecular complexity index is 450. The lowest BCUT2D eigenvalue weighted by Gasteiger charge is -2.25. The maximum absolute atomic E-state index is 12.7. The second kappa shape index (κ2) is 6.30. The number of benzene rings is 1. The molecule has 2 rings (SSSR count). The van der Waals surface area contributed by atoms with Crippen LogP contribution in [-0.2, 0) is 9.53 Å². The van der Waals surface area contributed by atoms with Crippen molar-refractivity contribution >= 4 is 23.2 Å². The van der Waals surface area contributed by atoms with Crippen molar-refractivity contribution in [1.82, 2.24) is 0 Å². The van der Waals surface area contributed by atoms with Crippen LogP contribution in [0.25, 0.3) is 0 Å². The molecule has 0 aliphatic carbocycles. The molecule has 1 heterocycles. The molecule has 0 spiro atoms. The number of ether oxygens (including phenoxy) is 1. The van der Waals surface area contributed by atoms with Gasteiger partial charge in [0.25, 0.3) is 12.3 Å². The molecule has 1 aromatic carbocycles. The van der Waals surface area contributed by atoms with Gasteiger partial charge in [-0.1, -0.05) is 17.7 Å². The Morgan fingerprint density at radius 2 is 2.32 bits per heavy atom. The van der Waals surface area contributed by atoms with Gasteiger partial charge in [-0.25, -0.2) is 8.78 Å². The van der Waals surface area contributed by atoms with Gasteiger partial charge in [-0.15, -0.1) is 0 Å². The van der Waals surface area contributed by atoms with Gasteiger partial charge in [0.2, 0.25) is 0 Å². The molecule has 0 radical (unpaired) electrons. The number of carbonyl (C=O) groups is 1. The molecule has 0 unspecified atom stereocenters. The highest BCUT2D eigenvalue weighted by Crippen LogP contribution is 2.24. The van der Waals surface area contributed by atoms with E-state index in [1.807, 2.05) is 0 Å². The maximum atomic E-state index is 12.7. The van der Waals surface area contributed by atoms with E-state index in [1.54, 1.807) is 18.2 Å². The number of rotatable bonds is 4. The topological polar surface area (TPSA) is 29.5 Å². The molecule has 0 N–H and O–H groups in total. The third-order valence-electron chi connectivity index (χ3n) is 2.91. The van der Waals surface area contributed by atoms with Crippen LogP contribution in [0.5, 0.6) is 0 Å². The van der Waals surface area contributed by atoms with Crippen molar-refractivity contribution in [2.45, 2.75) is 25.4 Å². The zero-order valence-electron chi connectivity index (χ0n) is 10.2. The zero-order valence-corrected chi connectivity index (χ0v) is 10.9. The normalized spacial score (nSPS) is 18.8. The lowest BCUT2D eigenvalue weighted by molar-refractivity contribution is -0.127. The number of amides is 1. The van der Waals surface area contributed by atoms with Crippen LogP contribution in [0.1, 0.15) is 12.8 Å². The number of nitrogens with zero attached hydrogens (tertiary/aromatic N) is 1. The average Bonchev–Trinajstić information content (AvgIpc) is 2.88. The summed E-state index contributed by atoms with van der Waals surface area (Å²) in [5, 5.41) is 0.400. The van der Waals surface area contributed by atoms with Gasteiger partial charge in [-0.3, -0.25) is 4.79 Å². The summed E-state index contributed by atoms with van der Waals surface area (Å²) in [4.78, 5) is 13.3. The molecule has 19 heavy (non-hydrogen) atoms. The Kier molecular flexibility index (Phi) is 4.71. The van der Waals surface area contributed by atoms with E-state index in [0.29, 0.717) is 23.7 Å². The molecule has 1 fully saturated rings. The Labute approximate surface area is 115 Å². The molecule has 1 amide bonds. The molecule has 1 aliphatic rings. The molecule has 0 bridgehead atoms. The van der Waals surface area contributed by atoms with Gasteiger partial charge in [0, 0.05) is 17.3 Å². The first-order valence-electron chi connectivity index (χ1n) is 6.04. The van der Waals surface area contributed by atoms with E-state index in [-0.39, 0.29) is 0 Å². The minimum atomic E-state index is -2.61. The van der Waals surface area contributed by atoms with Crippen LogP contribution in [0.3, 0.4) is 0 Å². The Morgan fingerprint density at radius 1 is 1.53 bits per heavy atom. The minimum Gasteiger partial charge on any atom is -0.368 e. The third-order valence-corrected chi connectivity index (χ3v) is 3.15. The summed E-state index contributed by atoms with van der Waals surface area (Å²) >= 11 is 5.83. The first-order valence-corrected chi connectivity index (χ1v) is 6.42. The van der Waals surface area contributed by atoms with Crippen LogP contribution in [0.2, 0.25) is 5.02 Å². The van der Waals surface area contributed by atoms with Crippen molar-refractivity contribution in [2.24, 2.45) is 0 Å². The van der Waals surface area contributed by atoms with Crippen molar-refractivity contribution < 1.29 is 18.3 Å². The van der Waals surface area contributed by atoms with E-state index in [2.05, 4.69) is 0 Å². The van der Waals surface area contributed by atoms with E-state index < -0.39 is 25.0 Å². The molecule has 1 aliphatic heterocycles. The van der Waals surface area contributed by atoms with Crippen LogP contribution >= 0.6 is 11.6 Å². The van der Waals surface area contributed by atoms with E-state index in [4.69, 9.17) is 16.3 Å². The van der Waals surface area contributed by atoms with Gasteiger partial charge in [0.05, 0.1) is 6.54 Å². The Morgan fingerprint density at radius 3 is 2.89 bits per heavy atom. The fraction of sp³-hybridized carbons (Fsp3) is 0.462. The van der Waals surface area contributed by atoms with Gasteiger partial charge in [0.15, 0.2) is 0 Å². The third kappa shape index (κ3) is 3.64. The van der Waals surface area contributed by atoms with Gasteiger partial charge in [0.1, 0.15) is 6.10 Å². The van der Waals surface area contributed by atoms with Crippen molar-refractivity contribution in [3.63, 3.8) is 0 Å². The van der Waals surface area contributed by atoms with E-state index in [0.717, 1.165) is 11.3 Å². The van der Waals surface area contributed by atoms with Crippen molar-refractivity contribution in [2.75, 3.05) is 18.1 Å². The second-order valence-electron chi connectivity index (χ2n) is 4.32. The van der Waals surface area contributed by atoms with Crippen molar-refractivity contribution in [3.05, 3.63) is 29.3 Å². The second-order valence-corrected chi connectivity index (χ2v) is 4.76. The SMILES string of the molecule is O=C([C@@H]1CCCO1)N(CC(F)F)c1cccc(Cl)c1. The minimum absolute atomic E-state index is 0.369. The Balaban J connectivity index is 2.22. The van der Waals surface area contributed by atoms with Crippen LogP contribution in [0, 0.1) is 0 Å². The largest absolute Gasteiger partial charge is 0.368 e. The Hall–Kier alpha value is -1.20. The molecule has 0 aromatic heterocycles. The number of alkyl halides is 2. The number of hydrogen-bond donors (Lipinski definition) is 0. The molecule has 1 saturated heterocycles. The number of anilines is 1. The molecule has 1 atom stereocenters. The monoisotopic (exact) mass is 289 g/mol. The van der Waals surface area contributed by atoms with Crippen molar-refractivity contribution in [3.8, 4) is 0 Å². The number of halogens is 3. The molecule has 6 heteroatoms. The first-order chi connectivity index (χ1) is 9.08. The standard InChI is InChI=1S/C13H14ClF2NO2/c14-9-3-1-4-10(7-9)17(8-12(15)16)13(18)11-5-2-6-19-11/h1,3-4,7,11-12H,2,5-6,8H2/t11-/m0/s1. The molecule has 3 nitrogen and oxygen atoms in total. The number of hydrogen-bond acceptors (Lipinski definition) is 2.